The summed E-state index contributed by atoms with van der Waals surface area (Å²) in [6, 6.07) is 6.80. The van der Waals surface area contributed by atoms with Gasteiger partial charge in [0.25, 0.3) is 0 Å². The Bertz CT molecular complexity index is 985. The first-order valence-electron chi connectivity index (χ1n) is 9.68. The number of hydrogen-bond acceptors (Lipinski definition) is 5. The number of piperidine rings is 1. The molecule has 1 aromatic carbocycles. The predicted molar refractivity (Wildman–Crippen MR) is 112 cm³/mol. The third-order valence-corrected chi connectivity index (χ3v) is 6.22. The van der Waals surface area contributed by atoms with Crippen molar-refractivity contribution in [2.75, 3.05) is 13.1 Å². The lowest BCUT2D eigenvalue weighted by Gasteiger charge is -2.46. The summed E-state index contributed by atoms with van der Waals surface area (Å²) < 4.78 is 0. The SMILES string of the molecule is O=C(CN1C(=O)N(Cc2ccncc2)C(=O)C2NCCCC21)c1ccc(Cl)c(Cl)c1. The highest BCUT2D eigenvalue weighted by atomic mass is 35.5. The minimum absolute atomic E-state index is 0.128. The molecule has 0 bridgehead atoms. The Kier molecular flexibility index (Phi) is 6.04. The first kappa shape index (κ1) is 20.8. The highest BCUT2D eigenvalue weighted by molar-refractivity contribution is 6.42. The predicted octanol–water partition coefficient (Wildman–Crippen LogP) is 3.16. The summed E-state index contributed by atoms with van der Waals surface area (Å²) in [7, 11) is 0. The van der Waals surface area contributed by atoms with E-state index in [0.29, 0.717) is 23.6 Å². The van der Waals surface area contributed by atoms with E-state index in [1.807, 2.05) is 0 Å². The van der Waals surface area contributed by atoms with Gasteiger partial charge in [0.05, 0.1) is 29.2 Å². The van der Waals surface area contributed by atoms with Crippen LogP contribution >= 0.6 is 23.2 Å². The van der Waals surface area contributed by atoms with Crippen molar-refractivity contribution in [1.29, 1.82) is 0 Å². The van der Waals surface area contributed by atoms with E-state index in [0.717, 1.165) is 12.0 Å². The summed E-state index contributed by atoms with van der Waals surface area (Å²) in [5.74, 6) is -0.524. The van der Waals surface area contributed by atoms with Crippen LogP contribution in [0.25, 0.3) is 0 Å². The second kappa shape index (κ2) is 8.71. The van der Waals surface area contributed by atoms with E-state index >= 15 is 0 Å². The van der Waals surface area contributed by atoms with E-state index in [1.54, 1.807) is 36.7 Å². The van der Waals surface area contributed by atoms with Crippen LogP contribution in [-0.2, 0) is 11.3 Å². The fraction of sp³-hybridized carbons (Fsp3) is 0.333. The van der Waals surface area contributed by atoms with Gasteiger partial charge in [-0.05, 0) is 55.3 Å². The van der Waals surface area contributed by atoms with Crippen molar-refractivity contribution in [2.24, 2.45) is 0 Å². The van der Waals surface area contributed by atoms with E-state index in [1.165, 1.54) is 15.9 Å². The van der Waals surface area contributed by atoms with Gasteiger partial charge in [0.1, 0.15) is 6.04 Å². The molecule has 2 fully saturated rings. The lowest BCUT2D eigenvalue weighted by Crippen LogP contribution is -2.69. The molecular weight excluding hydrogens is 427 g/mol. The molecule has 2 unspecified atom stereocenters. The Balaban J connectivity index is 1.60. The fourth-order valence-electron chi connectivity index (χ4n) is 3.93. The molecule has 0 saturated carbocycles. The summed E-state index contributed by atoms with van der Waals surface area (Å²) in [4.78, 5) is 45.9. The topological polar surface area (TPSA) is 82.6 Å². The number of ketones is 1. The van der Waals surface area contributed by atoms with Gasteiger partial charge in [-0.25, -0.2) is 4.79 Å². The number of amides is 3. The van der Waals surface area contributed by atoms with Crippen molar-refractivity contribution in [1.82, 2.24) is 20.1 Å². The zero-order valence-corrected chi connectivity index (χ0v) is 17.6. The molecular formula is C21H20Cl2N4O3. The molecule has 4 rings (SSSR count). The lowest BCUT2D eigenvalue weighted by molar-refractivity contribution is -0.137. The Labute approximate surface area is 184 Å². The largest absolute Gasteiger partial charge is 0.327 e. The van der Waals surface area contributed by atoms with Gasteiger partial charge in [0, 0.05) is 18.0 Å². The molecule has 2 saturated heterocycles. The number of urea groups is 1. The number of rotatable bonds is 5. The molecule has 156 valence electrons. The minimum Gasteiger partial charge on any atom is -0.311 e. The molecule has 1 aromatic heterocycles. The highest BCUT2D eigenvalue weighted by Gasteiger charge is 2.47. The second-order valence-corrected chi connectivity index (χ2v) is 8.20. The quantitative estimate of drug-likeness (QED) is 0.713. The first-order chi connectivity index (χ1) is 14.5. The zero-order valence-electron chi connectivity index (χ0n) is 16.1. The van der Waals surface area contributed by atoms with Crippen LogP contribution in [0.2, 0.25) is 10.0 Å². The lowest BCUT2D eigenvalue weighted by atomic mass is 9.92. The molecule has 2 atom stereocenters. The zero-order chi connectivity index (χ0) is 21.3. The molecule has 30 heavy (non-hydrogen) atoms. The normalized spacial score (nSPS) is 21.5. The summed E-state index contributed by atoms with van der Waals surface area (Å²) >= 11 is 12.0. The number of carbonyl (C=O) groups is 3. The maximum absolute atomic E-state index is 13.3. The molecule has 3 heterocycles. The molecule has 2 aliphatic rings. The highest BCUT2D eigenvalue weighted by Crippen LogP contribution is 2.27. The van der Waals surface area contributed by atoms with Gasteiger partial charge in [0.2, 0.25) is 5.91 Å². The van der Waals surface area contributed by atoms with Gasteiger partial charge in [-0.3, -0.25) is 19.5 Å². The standard InChI is InChI=1S/C21H20Cl2N4O3/c22-15-4-3-14(10-16(15)23)18(28)12-26-17-2-1-7-25-19(17)20(29)27(21(26)30)11-13-5-8-24-9-6-13/h3-6,8-10,17,19,25H,1-2,7,11-12H2. The summed E-state index contributed by atoms with van der Waals surface area (Å²) in [6.07, 6.45) is 4.71. The van der Waals surface area contributed by atoms with Crippen molar-refractivity contribution < 1.29 is 14.4 Å². The summed E-state index contributed by atoms with van der Waals surface area (Å²) in [6.45, 7) is 0.682. The first-order valence-corrected chi connectivity index (χ1v) is 10.4. The van der Waals surface area contributed by atoms with Crippen molar-refractivity contribution >= 4 is 40.9 Å². The van der Waals surface area contributed by atoms with Gasteiger partial charge >= 0.3 is 6.03 Å². The molecule has 3 amide bonds. The molecule has 2 aliphatic heterocycles. The van der Waals surface area contributed by atoms with Crippen LogP contribution in [0.1, 0.15) is 28.8 Å². The van der Waals surface area contributed by atoms with E-state index < -0.39 is 12.1 Å². The van der Waals surface area contributed by atoms with Crippen LogP contribution in [0.3, 0.4) is 0 Å². The Morgan fingerprint density at radius 1 is 1.13 bits per heavy atom. The third kappa shape index (κ3) is 4.05. The van der Waals surface area contributed by atoms with Crippen molar-refractivity contribution in [3.05, 3.63) is 63.9 Å². The van der Waals surface area contributed by atoms with Gasteiger partial charge in [-0.2, -0.15) is 0 Å². The van der Waals surface area contributed by atoms with Crippen LogP contribution in [0.15, 0.2) is 42.7 Å². The van der Waals surface area contributed by atoms with Crippen LogP contribution in [0.4, 0.5) is 4.79 Å². The average molecular weight is 447 g/mol. The number of imide groups is 1. The van der Waals surface area contributed by atoms with E-state index in [9.17, 15) is 14.4 Å². The van der Waals surface area contributed by atoms with E-state index in [-0.39, 0.29) is 35.8 Å². The number of benzene rings is 1. The summed E-state index contributed by atoms with van der Waals surface area (Å²) in [5.41, 5.74) is 1.16. The van der Waals surface area contributed by atoms with Gasteiger partial charge in [0.15, 0.2) is 5.78 Å². The van der Waals surface area contributed by atoms with Crippen molar-refractivity contribution in [3.63, 3.8) is 0 Å². The molecule has 2 aromatic rings. The minimum atomic E-state index is -0.528. The van der Waals surface area contributed by atoms with Gasteiger partial charge in [-0.1, -0.05) is 23.2 Å². The molecule has 0 radical (unpaired) electrons. The monoisotopic (exact) mass is 446 g/mol. The maximum Gasteiger partial charge on any atom is 0.327 e. The number of nitrogens with zero attached hydrogens (tertiary/aromatic N) is 3. The number of Topliss-reactive ketones (excluding diaryl/α,β-unsaturated/α-hetero) is 1. The average Bonchev–Trinajstić information content (AvgIpc) is 2.76. The smallest absolute Gasteiger partial charge is 0.311 e. The van der Waals surface area contributed by atoms with E-state index in [4.69, 9.17) is 23.2 Å². The number of hydrogen-bond donors (Lipinski definition) is 1. The number of pyridine rings is 1. The molecule has 1 N–H and O–H groups in total. The Morgan fingerprint density at radius 2 is 1.90 bits per heavy atom. The Morgan fingerprint density at radius 3 is 2.63 bits per heavy atom. The molecule has 9 heteroatoms. The molecule has 0 aliphatic carbocycles. The molecule has 0 spiro atoms. The number of carbonyl (C=O) groups excluding carboxylic acids is 3. The number of aromatic nitrogens is 1. The number of fused-ring (bicyclic) bond motifs is 1. The van der Waals surface area contributed by atoms with E-state index in [2.05, 4.69) is 10.3 Å². The second-order valence-electron chi connectivity index (χ2n) is 7.38. The number of halogens is 2. The Hall–Kier alpha value is -2.48. The van der Waals surface area contributed by atoms with Crippen LogP contribution < -0.4 is 5.32 Å². The molecule has 7 nitrogen and oxygen atoms in total. The van der Waals surface area contributed by atoms with Crippen LogP contribution in [0.5, 0.6) is 0 Å². The van der Waals surface area contributed by atoms with Crippen LogP contribution in [-0.4, -0.2) is 57.7 Å². The third-order valence-electron chi connectivity index (χ3n) is 5.48. The fourth-order valence-corrected chi connectivity index (χ4v) is 4.23. The summed E-state index contributed by atoms with van der Waals surface area (Å²) in [5, 5.41) is 3.85. The van der Waals surface area contributed by atoms with Crippen molar-refractivity contribution in [2.45, 2.75) is 31.5 Å². The van der Waals surface area contributed by atoms with Gasteiger partial charge < -0.3 is 10.2 Å². The number of nitrogens with one attached hydrogen (secondary N) is 1. The van der Waals surface area contributed by atoms with Crippen molar-refractivity contribution in [3.8, 4) is 0 Å². The van der Waals surface area contributed by atoms with Gasteiger partial charge in [-0.15, -0.1) is 0 Å². The maximum atomic E-state index is 13.3. The van der Waals surface area contributed by atoms with Crippen LogP contribution in [0, 0.1) is 0 Å².